The third-order valence-corrected chi connectivity index (χ3v) is 1.91. The Morgan fingerprint density at radius 1 is 1.29 bits per heavy atom. The lowest BCUT2D eigenvalue weighted by atomic mass is 10.1. The fourth-order valence-corrected chi connectivity index (χ4v) is 1.31. The van der Waals surface area contributed by atoms with E-state index in [0.717, 1.165) is 6.42 Å². The highest BCUT2D eigenvalue weighted by atomic mass is 16.7. The Morgan fingerprint density at radius 2 is 1.86 bits per heavy atom. The minimum atomic E-state index is -0.799. The summed E-state index contributed by atoms with van der Waals surface area (Å²) in [5.41, 5.74) is 0. The predicted molar refractivity (Wildman–Crippen MR) is 46.2 cm³/mol. The molecular formula is C9H14O5. The number of carbonyl (C=O) groups excluding carboxylic acids is 2. The topological polar surface area (TPSA) is 61.8 Å². The van der Waals surface area contributed by atoms with Crippen molar-refractivity contribution < 1.29 is 23.8 Å². The molecule has 0 spiro atoms. The second-order valence-electron chi connectivity index (χ2n) is 3.21. The summed E-state index contributed by atoms with van der Waals surface area (Å²) in [6.45, 7) is 3.65. The van der Waals surface area contributed by atoms with Crippen molar-refractivity contribution in [3.8, 4) is 0 Å². The maximum atomic E-state index is 10.7. The number of esters is 2. The first-order valence-corrected chi connectivity index (χ1v) is 4.52. The minimum Gasteiger partial charge on any atom is -0.425 e. The van der Waals surface area contributed by atoms with Gasteiger partial charge in [-0.1, -0.05) is 0 Å². The Hall–Kier alpha value is -1.10. The number of rotatable bonds is 3. The zero-order valence-corrected chi connectivity index (χ0v) is 8.32. The Balaban J connectivity index is 2.50. The van der Waals surface area contributed by atoms with Crippen molar-refractivity contribution in [2.45, 2.75) is 26.6 Å². The first kappa shape index (κ1) is 11.0. The average Bonchev–Trinajstić information content (AvgIpc) is 2.52. The standard InChI is InChI=1S/C9H14O5/c1-6(10)13-9(14-7(2)11)8-3-4-12-5-8/h8-9H,3-5H2,1-2H3/t8-/m0/s1. The molecule has 0 saturated carbocycles. The van der Waals surface area contributed by atoms with Crippen LogP contribution in [-0.2, 0) is 23.8 Å². The fraction of sp³-hybridized carbons (Fsp3) is 0.778. The molecule has 1 atom stereocenters. The van der Waals surface area contributed by atoms with E-state index in [1.807, 2.05) is 0 Å². The summed E-state index contributed by atoms with van der Waals surface area (Å²) in [5, 5.41) is 0. The van der Waals surface area contributed by atoms with Crippen molar-refractivity contribution in [1.82, 2.24) is 0 Å². The van der Waals surface area contributed by atoms with Gasteiger partial charge in [-0.25, -0.2) is 0 Å². The van der Waals surface area contributed by atoms with Gasteiger partial charge in [-0.15, -0.1) is 0 Å². The predicted octanol–water partition coefficient (Wildman–Crippen LogP) is 0.475. The molecule has 1 rings (SSSR count). The van der Waals surface area contributed by atoms with Gasteiger partial charge in [0, 0.05) is 20.5 Å². The van der Waals surface area contributed by atoms with E-state index in [0.29, 0.717) is 13.2 Å². The molecule has 0 unspecified atom stereocenters. The Labute approximate surface area is 82.3 Å². The zero-order chi connectivity index (χ0) is 10.6. The SMILES string of the molecule is CC(=O)OC(OC(C)=O)[C@H]1CCOC1. The third kappa shape index (κ3) is 3.33. The Kier molecular flexibility index (Phi) is 3.88. The molecule has 1 aliphatic heterocycles. The van der Waals surface area contributed by atoms with E-state index < -0.39 is 18.2 Å². The van der Waals surface area contributed by atoms with E-state index in [2.05, 4.69) is 0 Å². The van der Waals surface area contributed by atoms with E-state index >= 15 is 0 Å². The van der Waals surface area contributed by atoms with Crippen molar-refractivity contribution in [3.63, 3.8) is 0 Å². The first-order chi connectivity index (χ1) is 6.59. The normalized spacial score (nSPS) is 20.9. The van der Waals surface area contributed by atoms with E-state index in [9.17, 15) is 9.59 Å². The van der Waals surface area contributed by atoms with E-state index in [1.54, 1.807) is 0 Å². The van der Waals surface area contributed by atoms with Crippen LogP contribution in [0.25, 0.3) is 0 Å². The van der Waals surface area contributed by atoms with Crippen LogP contribution >= 0.6 is 0 Å². The fourth-order valence-electron chi connectivity index (χ4n) is 1.31. The highest BCUT2D eigenvalue weighted by Gasteiger charge is 2.30. The molecule has 0 amide bonds. The van der Waals surface area contributed by atoms with Crippen molar-refractivity contribution in [3.05, 3.63) is 0 Å². The third-order valence-electron chi connectivity index (χ3n) is 1.91. The summed E-state index contributed by atoms with van der Waals surface area (Å²) < 4.78 is 14.9. The summed E-state index contributed by atoms with van der Waals surface area (Å²) >= 11 is 0. The van der Waals surface area contributed by atoms with Gasteiger partial charge in [-0.2, -0.15) is 0 Å². The molecule has 0 aromatic carbocycles. The van der Waals surface area contributed by atoms with Gasteiger partial charge >= 0.3 is 11.9 Å². The molecule has 1 saturated heterocycles. The van der Waals surface area contributed by atoms with Gasteiger partial charge in [0.1, 0.15) is 0 Å². The van der Waals surface area contributed by atoms with Gasteiger partial charge in [0.25, 0.3) is 6.29 Å². The molecule has 5 nitrogen and oxygen atoms in total. The average molecular weight is 202 g/mol. The van der Waals surface area contributed by atoms with Crippen molar-refractivity contribution >= 4 is 11.9 Å². The van der Waals surface area contributed by atoms with E-state index in [1.165, 1.54) is 13.8 Å². The van der Waals surface area contributed by atoms with Crippen LogP contribution in [0.5, 0.6) is 0 Å². The molecule has 0 radical (unpaired) electrons. The summed E-state index contributed by atoms with van der Waals surface area (Å²) in [7, 11) is 0. The van der Waals surface area contributed by atoms with Crippen LogP contribution in [0.2, 0.25) is 0 Å². The van der Waals surface area contributed by atoms with Gasteiger partial charge in [-0.3, -0.25) is 9.59 Å². The maximum Gasteiger partial charge on any atom is 0.305 e. The largest absolute Gasteiger partial charge is 0.425 e. The molecule has 5 heteroatoms. The molecule has 80 valence electrons. The minimum absolute atomic E-state index is 0.0391. The number of hydrogen-bond donors (Lipinski definition) is 0. The number of ether oxygens (including phenoxy) is 3. The molecule has 1 heterocycles. The van der Waals surface area contributed by atoms with Gasteiger partial charge < -0.3 is 14.2 Å². The Bertz CT molecular complexity index is 203. The second-order valence-corrected chi connectivity index (χ2v) is 3.21. The van der Waals surface area contributed by atoms with E-state index in [4.69, 9.17) is 14.2 Å². The lowest BCUT2D eigenvalue weighted by Gasteiger charge is -2.20. The molecule has 0 aliphatic carbocycles. The Morgan fingerprint density at radius 3 is 2.21 bits per heavy atom. The summed E-state index contributed by atoms with van der Waals surface area (Å²) in [6, 6.07) is 0. The van der Waals surface area contributed by atoms with Crippen molar-refractivity contribution in [2.75, 3.05) is 13.2 Å². The van der Waals surface area contributed by atoms with Gasteiger partial charge in [0.05, 0.1) is 12.5 Å². The molecule has 1 fully saturated rings. The van der Waals surface area contributed by atoms with Crippen LogP contribution in [-0.4, -0.2) is 31.4 Å². The van der Waals surface area contributed by atoms with Crippen LogP contribution in [0.4, 0.5) is 0 Å². The van der Waals surface area contributed by atoms with E-state index in [-0.39, 0.29) is 5.92 Å². The van der Waals surface area contributed by atoms with Gasteiger partial charge in [0.15, 0.2) is 0 Å². The zero-order valence-electron chi connectivity index (χ0n) is 8.32. The van der Waals surface area contributed by atoms with Crippen molar-refractivity contribution in [2.24, 2.45) is 5.92 Å². The molecule has 0 N–H and O–H groups in total. The van der Waals surface area contributed by atoms with Crippen molar-refractivity contribution in [1.29, 1.82) is 0 Å². The lowest BCUT2D eigenvalue weighted by molar-refractivity contribution is -0.194. The van der Waals surface area contributed by atoms with Gasteiger partial charge in [0.2, 0.25) is 0 Å². The maximum absolute atomic E-state index is 10.7. The molecular weight excluding hydrogens is 188 g/mol. The summed E-state index contributed by atoms with van der Waals surface area (Å²) in [5.74, 6) is -0.950. The molecule has 14 heavy (non-hydrogen) atoms. The number of hydrogen-bond acceptors (Lipinski definition) is 5. The van der Waals surface area contributed by atoms with Crippen LogP contribution in [0.3, 0.4) is 0 Å². The smallest absolute Gasteiger partial charge is 0.305 e. The van der Waals surface area contributed by atoms with Crippen LogP contribution in [0.1, 0.15) is 20.3 Å². The lowest BCUT2D eigenvalue weighted by Crippen LogP contribution is -2.31. The van der Waals surface area contributed by atoms with Crippen LogP contribution < -0.4 is 0 Å². The second kappa shape index (κ2) is 4.95. The molecule has 1 aliphatic rings. The summed E-state index contributed by atoms with van der Waals surface area (Å²) in [6.07, 6.45) is -0.0573. The highest BCUT2D eigenvalue weighted by Crippen LogP contribution is 2.20. The molecule has 0 aromatic heterocycles. The van der Waals surface area contributed by atoms with Crippen LogP contribution in [0, 0.1) is 5.92 Å². The quantitative estimate of drug-likeness (QED) is 0.492. The monoisotopic (exact) mass is 202 g/mol. The first-order valence-electron chi connectivity index (χ1n) is 4.52. The van der Waals surface area contributed by atoms with Gasteiger partial charge in [-0.05, 0) is 6.42 Å². The summed E-state index contributed by atoms with van der Waals surface area (Å²) in [4.78, 5) is 21.5. The molecule has 0 bridgehead atoms. The number of carbonyl (C=O) groups is 2. The van der Waals surface area contributed by atoms with Crippen LogP contribution in [0.15, 0.2) is 0 Å². The molecule has 0 aromatic rings. The highest BCUT2D eigenvalue weighted by molar-refractivity contribution is 5.68.